The molecule has 1 atom stereocenters. The summed E-state index contributed by atoms with van der Waals surface area (Å²) in [4.78, 5) is 11.3. The first-order chi connectivity index (χ1) is 6.07. The predicted molar refractivity (Wildman–Crippen MR) is 53.2 cm³/mol. The highest BCUT2D eigenvalue weighted by Crippen LogP contribution is 2.39. The fourth-order valence-corrected chi connectivity index (χ4v) is 1.57. The normalized spacial score (nSPS) is 21.8. The molecule has 0 aromatic carbocycles. The lowest BCUT2D eigenvalue weighted by Crippen LogP contribution is -2.46. The molecular weight excluding hydrogens is 164 g/mol. The third-order valence-corrected chi connectivity index (χ3v) is 3.03. The Labute approximate surface area is 80.1 Å². The van der Waals surface area contributed by atoms with Crippen LogP contribution in [0.15, 0.2) is 0 Å². The Hall–Kier alpha value is -0.570. The second kappa shape index (κ2) is 4.09. The minimum absolute atomic E-state index is 0.00405. The molecule has 3 nitrogen and oxygen atoms in total. The Morgan fingerprint density at radius 3 is 2.62 bits per heavy atom. The van der Waals surface area contributed by atoms with E-state index in [1.807, 2.05) is 6.92 Å². The third kappa shape index (κ3) is 2.69. The second-order valence-electron chi connectivity index (χ2n) is 4.40. The number of amides is 1. The van der Waals surface area contributed by atoms with Crippen LogP contribution in [-0.2, 0) is 4.79 Å². The second-order valence-corrected chi connectivity index (χ2v) is 4.40. The van der Waals surface area contributed by atoms with Crippen LogP contribution in [0.2, 0.25) is 0 Å². The van der Waals surface area contributed by atoms with Crippen molar-refractivity contribution in [3.05, 3.63) is 0 Å². The van der Waals surface area contributed by atoms with Crippen LogP contribution in [0.4, 0.5) is 0 Å². The smallest absolute Gasteiger partial charge is 0.236 e. The minimum Gasteiger partial charge on any atom is -0.354 e. The summed E-state index contributed by atoms with van der Waals surface area (Å²) in [5.74, 6) is -0.00405. The van der Waals surface area contributed by atoms with Gasteiger partial charge >= 0.3 is 0 Å². The number of hydrogen-bond donors (Lipinski definition) is 2. The van der Waals surface area contributed by atoms with Crippen LogP contribution in [0.25, 0.3) is 0 Å². The monoisotopic (exact) mass is 184 g/mol. The maximum absolute atomic E-state index is 11.3. The SMILES string of the molecule is CC[C@@H](N)C(=O)NCC1(C)CCC1. The Morgan fingerprint density at radius 1 is 1.62 bits per heavy atom. The van der Waals surface area contributed by atoms with Gasteiger partial charge in [-0.3, -0.25) is 4.79 Å². The highest BCUT2D eigenvalue weighted by atomic mass is 16.2. The number of nitrogens with one attached hydrogen (secondary N) is 1. The van der Waals surface area contributed by atoms with Crippen LogP contribution in [0.3, 0.4) is 0 Å². The molecule has 0 spiro atoms. The molecule has 1 aliphatic rings. The highest BCUT2D eigenvalue weighted by molar-refractivity contribution is 5.81. The molecule has 0 aromatic rings. The lowest BCUT2D eigenvalue weighted by atomic mass is 9.70. The first-order valence-corrected chi connectivity index (χ1v) is 5.11. The molecule has 0 aliphatic heterocycles. The van der Waals surface area contributed by atoms with Gasteiger partial charge in [0, 0.05) is 6.54 Å². The quantitative estimate of drug-likeness (QED) is 0.685. The molecule has 76 valence electrons. The number of hydrogen-bond acceptors (Lipinski definition) is 2. The lowest BCUT2D eigenvalue weighted by Gasteiger charge is -2.38. The van der Waals surface area contributed by atoms with Crippen LogP contribution in [0.1, 0.15) is 39.5 Å². The van der Waals surface area contributed by atoms with Gasteiger partial charge in [-0.25, -0.2) is 0 Å². The van der Waals surface area contributed by atoms with Gasteiger partial charge in [0.1, 0.15) is 0 Å². The maximum atomic E-state index is 11.3. The van der Waals surface area contributed by atoms with Crippen LogP contribution in [0, 0.1) is 5.41 Å². The Morgan fingerprint density at radius 2 is 2.23 bits per heavy atom. The largest absolute Gasteiger partial charge is 0.354 e. The van der Waals surface area contributed by atoms with Crippen molar-refractivity contribution in [3.8, 4) is 0 Å². The van der Waals surface area contributed by atoms with Gasteiger partial charge in [0.15, 0.2) is 0 Å². The molecule has 3 N–H and O–H groups in total. The van der Waals surface area contributed by atoms with Gasteiger partial charge in [0.25, 0.3) is 0 Å². The standard InChI is InChI=1S/C10H20N2O/c1-3-8(11)9(13)12-7-10(2)5-4-6-10/h8H,3-7,11H2,1-2H3,(H,12,13)/t8-/m1/s1. The van der Waals surface area contributed by atoms with Crippen molar-refractivity contribution in [3.63, 3.8) is 0 Å². The molecule has 0 saturated heterocycles. The van der Waals surface area contributed by atoms with Gasteiger partial charge in [-0.2, -0.15) is 0 Å². The van der Waals surface area contributed by atoms with Gasteiger partial charge in [-0.15, -0.1) is 0 Å². The van der Waals surface area contributed by atoms with Crippen molar-refractivity contribution in [2.75, 3.05) is 6.54 Å². The first kappa shape index (κ1) is 10.5. The van der Waals surface area contributed by atoms with E-state index in [4.69, 9.17) is 5.73 Å². The zero-order valence-corrected chi connectivity index (χ0v) is 8.60. The number of rotatable bonds is 4. The Bertz CT molecular complexity index is 187. The average molecular weight is 184 g/mol. The molecule has 3 heteroatoms. The molecule has 1 aliphatic carbocycles. The van der Waals surface area contributed by atoms with Crippen molar-refractivity contribution in [2.24, 2.45) is 11.1 Å². The summed E-state index contributed by atoms with van der Waals surface area (Å²) in [6.45, 7) is 4.93. The molecule has 0 aromatic heterocycles. The van der Waals surface area contributed by atoms with Crippen molar-refractivity contribution in [1.82, 2.24) is 5.32 Å². The molecule has 1 amide bonds. The van der Waals surface area contributed by atoms with E-state index in [9.17, 15) is 4.79 Å². The van der Waals surface area contributed by atoms with Gasteiger partial charge in [-0.1, -0.05) is 20.3 Å². The van der Waals surface area contributed by atoms with Gasteiger partial charge in [0.2, 0.25) is 5.91 Å². The number of carbonyl (C=O) groups is 1. The van der Waals surface area contributed by atoms with Crippen LogP contribution < -0.4 is 11.1 Å². The lowest BCUT2D eigenvalue weighted by molar-refractivity contribution is -0.123. The predicted octanol–water partition coefficient (Wildman–Crippen LogP) is 1.03. The summed E-state index contributed by atoms with van der Waals surface area (Å²) in [7, 11) is 0. The van der Waals surface area contributed by atoms with Gasteiger partial charge in [0.05, 0.1) is 6.04 Å². The number of carbonyl (C=O) groups excluding carboxylic acids is 1. The van der Waals surface area contributed by atoms with E-state index in [0.29, 0.717) is 11.8 Å². The van der Waals surface area contributed by atoms with E-state index in [2.05, 4.69) is 12.2 Å². The van der Waals surface area contributed by atoms with E-state index in [-0.39, 0.29) is 11.9 Å². The zero-order valence-electron chi connectivity index (χ0n) is 8.60. The van der Waals surface area contributed by atoms with E-state index in [1.54, 1.807) is 0 Å². The summed E-state index contributed by atoms with van der Waals surface area (Å²) in [6.07, 6.45) is 4.47. The molecule has 0 heterocycles. The van der Waals surface area contributed by atoms with Crippen LogP contribution in [-0.4, -0.2) is 18.5 Å². The minimum atomic E-state index is -0.330. The molecule has 1 saturated carbocycles. The zero-order chi connectivity index (χ0) is 9.90. The summed E-state index contributed by atoms with van der Waals surface area (Å²) in [5, 5.41) is 2.91. The fourth-order valence-electron chi connectivity index (χ4n) is 1.57. The molecule has 1 fully saturated rings. The highest BCUT2D eigenvalue weighted by Gasteiger charge is 2.32. The van der Waals surface area contributed by atoms with Gasteiger partial charge < -0.3 is 11.1 Å². The van der Waals surface area contributed by atoms with Crippen molar-refractivity contribution in [2.45, 2.75) is 45.6 Å². The molecule has 0 bridgehead atoms. The van der Waals surface area contributed by atoms with Gasteiger partial charge in [-0.05, 0) is 24.7 Å². The number of nitrogens with two attached hydrogens (primary N) is 1. The summed E-state index contributed by atoms with van der Waals surface area (Å²) in [5.41, 5.74) is 5.94. The molecule has 13 heavy (non-hydrogen) atoms. The fraction of sp³-hybridized carbons (Fsp3) is 0.900. The van der Waals surface area contributed by atoms with Crippen molar-refractivity contribution >= 4 is 5.91 Å². The van der Waals surface area contributed by atoms with E-state index < -0.39 is 0 Å². The van der Waals surface area contributed by atoms with E-state index in [0.717, 1.165) is 6.54 Å². The maximum Gasteiger partial charge on any atom is 0.236 e. The van der Waals surface area contributed by atoms with Crippen molar-refractivity contribution < 1.29 is 4.79 Å². The Kier molecular flexibility index (Phi) is 3.31. The third-order valence-electron chi connectivity index (χ3n) is 3.03. The average Bonchev–Trinajstić information content (AvgIpc) is 2.09. The van der Waals surface area contributed by atoms with E-state index >= 15 is 0 Å². The first-order valence-electron chi connectivity index (χ1n) is 5.11. The molecule has 1 rings (SSSR count). The summed E-state index contributed by atoms with van der Waals surface area (Å²) in [6, 6.07) is -0.330. The topological polar surface area (TPSA) is 55.1 Å². The Balaban J connectivity index is 2.21. The molecular formula is C10H20N2O. The van der Waals surface area contributed by atoms with E-state index in [1.165, 1.54) is 19.3 Å². The molecule has 0 unspecified atom stereocenters. The summed E-state index contributed by atoms with van der Waals surface area (Å²) < 4.78 is 0. The summed E-state index contributed by atoms with van der Waals surface area (Å²) >= 11 is 0. The molecule has 0 radical (unpaired) electrons. The van der Waals surface area contributed by atoms with Crippen molar-refractivity contribution in [1.29, 1.82) is 0 Å². The van der Waals surface area contributed by atoms with Crippen LogP contribution in [0.5, 0.6) is 0 Å². The van der Waals surface area contributed by atoms with Crippen LogP contribution >= 0.6 is 0 Å².